The molecule has 1 aliphatic rings. The molecular formula is C16H22N2O4. The number of amides is 1. The maximum Gasteiger partial charge on any atom is 0.320 e. The molecule has 2 N–H and O–H groups in total. The van der Waals surface area contributed by atoms with E-state index in [0.29, 0.717) is 13.0 Å². The molecule has 0 saturated carbocycles. The van der Waals surface area contributed by atoms with Crippen LogP contribution in [0.1, 0.15) is 31.4 Å². The Kier molecular flexibility index (Phi) is 5.38. The lowest BCUT2D eigenvalue weighted by molar-refractivity contribution is -0.142. The van der Waals surface area contributed by atoms with Gasteiger partial charge in [0.15, 0.2) is 0 Å². The summed E-state index contributed by atoms with van der Waals surface area (Å²) in [6, 6.07) is 6.76. The highest BCUT2D eigenvalue weighted by Crippen LogP contribution is 2.24. The summed E-state index contributed by atoms with van der Waals surface area (Å²) < 4.78 is 5.29. The molecule has 1 aromatic rings. The largest absolute Gasteiger partial charge is 0.496 e. The molecule has 6 heteroatoms. The third-order valence-corrected chi connectivity index (χ3v) is 3.98. The van der Waals surface area contributed by atoms with Crippen LogP contribution >= 0.6 is 0 Å². The number of aliphatic carboxylic acids is 1. The summed E-state index contributed by atoms with van der Waals surface area (Å²) >= 11 is 0. The lowest BCUT2D eigenvalue weighted by Crippen LogP contribution is -2.43. The van der Waals surface area contributed by atoms with Crippen LogP contribution in [0, 0.1) is 0 Å². The van der Waals surface area contributed by atoms with Crippen molar-refractivity contribution >= 4 is 11.9 Å². The number of carboxylic acids is 1. The van der Waals surface area contributed by atoms with Gasteiger partial charge in [-0.3, -0.25) is 14.5 Å². The molecule has 1 unspecified atom stereocenters. The Morgan fingerprint density at radius 3 is 2.86 bits per heavy atom. The first-order chi connectivity index (χ1) is 10.5. The number of para-hydroxylation sites is 1. The van der Waals surface area contributed by atoms with Gasteiger partial charge in [0.05, 0.1) is 19.7 Å². The third kappa shape index (κ3) is 3.76. The summed E-state index contributed by atoms with van der Waals surface area (Å²) in [4.78, 5) is 25.0. The van der Waals surface area contributed by atoms with Crippen molar-refractivity contribution in [1.82, 2.24) is 10.2 Å². The van der Waals surface area contributed by atoms with Gasteiger partial charge in [-0.25, -0.2) is 0 Å². The van der Waals surface area contributed by atoms with Gasteiger partial charge in [-0.1, -0.05) is 18.2 Å². The van der Waals surface area contributed by atoms with Crippen molar-refractivity contribution < 1.29 is 19.4 Å². The highest BCUT2D eigenvalue weighted by molar-refractivity contribution is 5.80. The van der Waals surface area contributed by atoms with E-state index in [-0.39, 0.29) is 18.5 Å². The molecule has 2 atom stereocenters. The number of hydrogen-bond donors (Lipinski definition) is 2. The van der Waals surface area contributed by atoms with E-state index in [2.05, 4.69) is 5.32 Å². The van der Waals surface area contributed by atoms with E-state index in [0.717, 1.165) is 17.7 Å². The first kappa shape index (κ1) is 16.3. The Hall–Kier alpha value is -2.08. The smallest absolute Gasteiger partial charge is 0.320 e. The Morgan fingerprint density at radius 2 is 2.18 bits per heavy atom. The van der Waals surface area contributed by atoms with Crippen molar-refractivity contribution in [3.05, 3.63) is 29.8 Å². The Labute approximate surface area is 130 Å². The second-order valence-corrected chi connectivity index (χ2v) is 5.50. The first-order valence-corrected chi connectivity index (χ1v) is 7.42. The molecule has 1 aromatic carbocycles. The number of carbonyl (C=O) groups excluding carboxylic acids is 1. The van der Waals surface area contributed by atoms with Crippen molar-refractivity contribution in [3.63, 3.8) is 0 Å². The van der Waals surface area contributed by atoms with Gasteiger partial charge in [-0.05, 0) is 32.4 Å². The van der Waals surface area contributed by atoms with E-state index in [9.17, 15) is 9.59 Å². The Balaban J connectivity index is 1.95. The third-order valence-electron chi connectivity index (χ3n) is 3.98. The Morgan fingerprint density at radius 1 is 1.45 bits per heavy atom. The van der Waals surface area contributed by atoms with Crippen LogP contribution in [-0.2, 0) is 9.59 Å². The van der Waals surface area contributed by atoms with Crippen LogP contribution in [0.15, 0.2) is 24.3 Å². The molecule has 1 amide bonds. The van der Waals surface area contributed by atoms with E-state index >= 15 is 0 Å². The van der Waals surface area contributed by atoms with Crippen LogP contribution in [0.2, 0.25) is 0 Å². The number of nitrogens with zero attached hydrogens (tertiary/aromatic N) is 1. The number of rotatable bonds is 6. The van der Waals surface area contributed by atoms with Crippen LogP contribution < -0.4 is 10.1 Å². The van der Waals surface area contributed by atoms with Crippen LogP contribution in [-0.4, -0.2) is 48.1 Å². The fourth-order valence-corrected chi connectivity index (χ4v) is 2.87. The van der Waals surface area contributed by atoms with Crippen LogP contribution in [0.5, 0.6) is 5.75 Å². The fourth-order valence-electron chi connectivity index (χ4n) is 2.87. The number of nitrogens with one attached hydrogen (secondary N) is 1. The SMILES string of the molecule is COc1ccccc1C(C)NC(=O)CN1CCC[C@@H]1C(=O)O. The van der Waals surface area contributed by atoms with E-state index in [1.54, 1.807) is 12.0 Å². The highest BCUT2D eigenvalue weighted by Gasteiger charge is 2.31. The van der Waals surface area contributed by atoms with E-state index in [1.165, 1.54) is 0 Å². The minimum absolute atomic E-state index is 0.108. The number of hydrogen-bond acceptors (Lipinski definition) is 4. The quantitative estimate of drug-likeness (QED) is 0.831. The number of ether oxygens (including phenoxy) is 1. The highest BCUT2D eigenvalue weighted by atomic mass is 16.5. The summed E-state index contributed by atoms with van der Waals surface area (Å²) in [6.45, 7) is 2.64. The molecule has 0 aromatic heterocycles. The van der Waals surface area contributed by atoms with Crippen molar-refractivity contribution in [2.75, 3.05) is 20.2 Å². The molecule has 120 valence electrons. The Bertz CT molecular complexity index is 547. The molecule has 22 heavy (non-hydrogen) atoms. The molecule has 1 aliphatic heterocycles. The van der Waals surface area contributed by atoms with E-state index in [4.69, 9.17) is 9.84 Å². The van der Waals surface area contributed by atoms with Crippen LogP contribution in [0.3, 0.4) is 0 Å². The van der Waals surface area contributed by atoms with Crippen LogP contribution in [0.4, 0.5) is 0 Å². The lowest BCUT2D eigenvalue weighted by Gasteiger charge is -2.22. The lowest BCUT2D eigenvalue weighted by atomic mass is 10.1. The zero-order valence-electron chi connectivity index (χ0n) is 12.9. The zero-order chi connectivity index (χ0) is 16.1. The normalized spacial score (nSPS) is 19.6. The number of likely N-dealkylation sites (tertiary alicyclic amines) is 1. The van der Waals surface area contributed by atoms with E-state index in [1.807, 2.05) is 31.2 Å². The standard InChI is InChI=1S/C16H22N2O4/c1-11(12-6-3-4-8-14(12)22-2)17-15(19)10-18-9-5-7-13(18)16(20)21/h3-4,6,8,11,13H,5,7,9-10H2,1-2H3,(H,17,19)(H,20,21)/t11?,13-/m1/s1. The molecule has 6 nitrogen and oxygen atoms in total. The van der Waals surface area contributed by atoms with Gasteiger partial charge in [-0.2, -0.15) is 0 Å². The van der Waals surface area contributed by atoms with Crippen molar-refractivity contribution in [2.24, 2.45) is 0 Å². The maximum absolute atomic E-state index is 12.2. The second kappa shape index (κ2) is 7.26. The zero-order valence-corrected chi connectivity index (χ0v) is 12.9. The summed E-state index contributed by atoms with van der Waals surface area (Å²) in [5.74, 6) is -0.311. The summed E-state index contributed by atoms with van der Waals surface area (Å²) in [7, 11) is 1.59. The number of methoxy groups -OCH3 is 1. The van der Waals surface area contributed by atoms with Gasteiger partial charge in [0, 0.05) is 5.56 Å². The van der Waals surface area contributed by atoms with Gasteiger partial charge < -0.3 is 15.2 Å². The minimum Gasteiger partial charge on any atom is -0.496 e. The average molecular weight is 306 g/mol. The first-order valence-electron chi connectivity index (χ1n) is 7.42. The molecule has 0 aliphatic carbocycles. The monoisotopic (exact) mass is 306 g/mol. The van der Waals surface area contributed by atoms with Crippen molar-refractivity contribution in [1.29, 1.82) is 0 Å². The summed E-state index contributed by atoms with van der Waals surface area (Å²) in [5.41, 5.74) is 0.898. The minimum atomic E-state index is -0.858. The molecule has 0 bridgehead atoms. The van der Waals surface area contributed by atoms with Gasteiger partial charge in [0.2, 0.25) is 5.91 Å². The van der Waals surface area contributed by atoms with E-state index < -0.39 is 12.0 Å². The maximum atomic E-state index is 12.2. The van der Waals surface area contributed by atoms with Crippen LogP contribution in [0.25, 0.3) is 0 Å². The summed E-state index contributed by atoms with van der Waals surface area (Å²) in [5, 5.41) is 12.0. The van der Waals surface area contributed by atoms with Gasteiger partial charge in [-0.15, -0.1) is 0 Å². The predicted molar refractivity (Wildman–Crippen MR) is 81.8 cm³/mol. The molecule has 2 rings (SSSR count). The number of benzene rings is 1. The summed E-state index contributed by atoms with van der Waals surface area (Å²) in [6.07, 6.45) is 1.41. The number of carboxylic acid groups (broad SMARTS) is 1. The molecule has 1 saturated heterocycles. The average Bonchev–Trinajstić information content (AvgIpc) is 2.95. The van der Waals surface area contributed by atoms with Gasteiger partial charge in [0.25, 0.3) is 0 Å². The number of carbonyl (C=O) groups is 2. The van der Waals surface area contributed by atoms with Gasteiger partial charge >= 0.3 is 5.97 Å². The van der Waals surface area contributed by atoms with Crippen molar-refractivity contribution in [2.45, 2.75) is 31.8 Å². The topological polar surface area (TPSA) is 78.9 Å². The second-order valence-electron chi connectivity index (χ2n) is 5.50. The molecule has 0 radical (unpaired) electrons. The molecule has 0 spiro atoms. The molecule has 1 fully saturated rings. The fraction of sp³-hybridized carbons (Fsp3) is 0.500. The molecule has 1 heterocycles. The van der Waals surface area contributed by atoms with Gasteiger partial charge in [0.1, 0.15) is 11.8 Å². The van der Waals surface area contributed by atoms with Crippen molar-refractivity contribution in [3.8, 4) is 5.75 Å². The molecular weight excluding hydrogens is 284 g/mol. The predicted octanol–water partition coefficient (Wildman–Crippen LogP) is 1.42.